The zero-order valence-corrected chi connectivity index (χ0v) is 8.90. The minimum atomic E-state index is -0.732. The van der Waals surface area contributed by atoms with E-state index in [-0.39, 0.29) is 5.78 Å². The predicted octanol–water partition coefficient (Wildman–Crippen LogP) is 2.46. The predicted molar refractivity (Wildman–Crippen MR) is 55.2 cm³/mol. The van der Waals surface area contributed by atoms with Crippen molar-refractivity contribution in [1.29, 1.82) is 0 Å². The second kappa shape index (κ2) is 3.81. The maximum absolute atomic E-state index is 11.9. The fourth-order valence-electron chi connectivity index (χ4n) is 2.29. The van der Waals surface area contributed by atoms with Gasteiger partial charge in [-0.25, -0.2) is 0 Å². The smallest absolute Gasteiger partial charge is 0.141 e. The maximum Gasteiger partial charge on any atom is 0.141 e. The highest BCUT2D eigenvalue weighted by atomic mass is 16.3. The van der Waals surface area contributed by atoms with E-state index in [0.717, 1.165) is 19.3 Å². The molecule has 1 saturated carbocycles. The molecule has 3 heteroatoms. The first-order valence-electron chi connectivity index (χ1n) is 5.38. The second-order valence-electron chi connectivity index (χ2n) is 4.51. The Labute approximate surface area is 89.1 Å². The van der Waals surface area contributed by atoms with Crippen LogP contribution in [0.4, 0.5) is 0 Å². The summed E-state index contributed by atoms with van der Waals surface area (Å²) in [5.41, 5.74) is 0.0787. The summed E-state index contributed by atoms with van der Waals surface area (Å²) in [6, 6.07) is 1.72. The van der Waals surface area contributed by atoms with Crippen LogP contribution in [0.15, 0.2) is 23.0 Å². The Kier molecular flexibility index (Phi) is 2.65. The molecule has 2 rings (SSSR count). The fourth-order valence-corrected chi connectivity index (χ4v) is 2.29. The van der Waals surface area contributed by atoms with Crippen molar-refractivity contribution in [3.63, 3.8) is 0 Å². The topological polar surface area (TPSA) is 50.4 Å². The largest absolute Gasteiger partial charge is 0.472 e. The first-order valence-corrected chi connectivity index (χ1v) is 5.38. The molecule has 0 aliphatic heterocycles. The molecule has 3 nitrogen and oxygen atoms in total. The van der Waals surface area contributed by atoms with Crippen LogP contribution in [-0.4, -0.2) is 10.9 Å². The number of aliphatic hydroxyl groups is 1. The highest BCUT2D eigenvalue weighted by Gasteiger charge is 2.42. The molecule has 1 fully saturated rings. The van der Waals surface area contributed by atoms with Crippen molar-refractivity contribution in [3.8, 4) is 0 Å². The average Bonchev–Trinajstić information content (AvgIpc) is 2.74. The molecule has 0 spiro atoms. The molecule has 1 aliphatic carbocycles. The number of ketones is 1. The van der Waals surface area contributed by atoms with Crippen LogP contribution < -0.4 is 0 Å². The molecule has 15 heavy (non-hydrogen) atoms. The summed E-state index contributed by atoms with van der Waals surface area (Å²) >= 11 is 0. The molecule has 2 atom stereocenters. The summed E-state index contributed by atoms with van der Waals surface area (Å²) in [7, 11) is 0. The zero-order chi connectivity index (χ0) is 10.9. The van der Waals surface area contributed by atoms with Gasteiger partial charge < -0.3 is 9.52 Å². The number of furan rings is 1. The molecule has 1 aliphatic rings. The van der Waals surface area contributed by atoms with Crippen molar-refractivity contribution in [1.82, 2.24) is 0 Å². The molecule has 0 bridgehead atoms. The zero-order valence-electron chi connectivity index (χ0n) is 8.90. The van der Waals surface area contributed by atoms with Gasteiger partial charge in [0.05, 0.1) is 24.0 Å². The van der Waals surface area contributed by atoms with Gasteiger partial charge in [-0.1, -0.05) is 6.42 Å². The van der Waals surface area contributed by atoms with Gasteiger partial charge in [-0.05, 0) is 25.8 Å². The normalized spacial score (nSPS) is 29.1. The monoisotopic (exact) mass is 208 g/mol. The Morgan fingerprint density at radius 3 is 2.93 bits per heavy atom. The quantitative estimate of drug-likeness (QED) is 0.812. The molecular formula is C12H16O3. The van der Waals surface area contributed by atoms with E-state index in [1.165, 1.54) is 12.5 Å². The molecule has 1 unspecified atom stereocenters. The minimum absolute atomic E-state index is 0.169. The van der Waals surface area contributed by atoms with E-state index in [4.69, 9.17) is 4.42 Å². The van der Waals surface area contributed by atoms with Gasteiger partial charge in [-0.2, -0.15) is 0 Å². The number of hydrogen-bond donors (Lipinski definition) is 1. The van der Waals surface area contributed by atoms with Gasteiger partial charge >= 0.3 is 0 Å². The van der Waals surface area contributed by atoms with Gasteiger partial charge in [0, 0.05) is 12.0 Å². The van der Waals surface area contributed by atoms with Crippen molar-refractivity contribution >= 4 is 5.78 Å². The Morgan fingerprint density at radius 1 is 1.53 bits per heavy atom. The van der Waals surface area contributed by atoms with Gasteiger partial charge in [0.2, 0.25) is 0 Å². The van der Waals surface area contributed by atoms with Gasteiger partial charge in [-0.15, -0.1) is 0 Å². The van der Waals surface area contributed by atoms with E-state index in [1.54, 1.807) is 6.07 Å². The average molecular weight is 208 g/mol. The highest BCUT2D eigenvalue weighted by Crippen LogP contribution is 2.43. The molecule has 0 saturated heterocycles. The molecule has 1 aromatic heterocycles. The maximum atomic E-state index is 11.9. The summed E-state index contributed by atoms with van der Waals surface area (Å²) in [5, 5.41) is 10.2. The van der Waals surface area contributed by atoms with E-state index in [1.807, 2.05) is 6.92 Å². The molecule has 1 heterocycles. The number of carbonyl (C=O) groups excluding carboxylic acids is 1. The minimum Gasteiger partial charge on any atom is -0.472 e. The lowest BCUT2D eigenvalue weighted by molar-refractivity contribution is -0.138. The van der Waals surface area contributed by atoms with Crippen LogP contribution >= 0.6 is 0 Å². The van der Waals surface area contributed by atoms with Crippen LogP contribution in [0.5, 0.6) is 0 Å². The van der Waals surface area contributed by atoms with Crippen molar-refractivity contribution in [2.45, 2.75) is 38.7 Å². The van der Waals surface area contributed by atoms with Gasteiger partial charge in [-0.3, -0.25) is 4.79 Å². The molecule has 0 aromatic carbocycles. The van der Waals surface area contributed by atoms with Crippen LogP contribution in [0, 0.1) is 5.41 Å². The van der Waals surface area contributed by atoms with E-state index in [0.29, 0.717) is 12.0 Å². The molecular weight excluding hydrogens is 192 g/mol. The standard InChI is InChI=1S/C12H16O3/c1-12(6-3-2-4-10(12)13)11(14)9-5-7-15-8-9/h5,7-8,11,14H,2-4,6H2,1H3/t11?,12-/m0/s1. The Bertz CT molecular complexity index is 342. The van der Waals surface area contributed by atoms with E-state index in [9.17, 15) is 9.90 Å². The highest BCUT2D eigenvalue weighted by molar-refractivity contribution is 5.85. The number of carbonyl (C=O) groups is 1. The number of rotatable bonds is 2. The third-order valence-electron chi connectivity index (χ3n) is 3.45. The SMILES string of the molecule is C[C@]1(C(O)c2ccoc2)CCCCC1=O. The fraction of sp³-hybridized carbons (Fsp3) is 0.583. The van der Waals surface area contributed by atoms with Gasteiger partial charge in [0.25, 0.3) is 0 Å². The van der Waals surface area contributed by atoms with Crippen LogP contribution in [0.1, 0.15) is 44.3 Å². The van der Waals surface area contributed by atoms with E-state index >= 15 is 0 Å². The number of aliphatic hydroxyl groups excluding tert-OH is 1. The van der Waals surface area contributed by atoms with E-state index in [2.05, 4.69) is 0 Å². The summed E-state index contributed by atoms with van der Waals surface area (Å²) in [5.74, 6) is 0.169. The molecule has 0 amide bonds. The van der Waals surface area contributed by atoms with Crippen LogP contribution in [0.3, 0.4) is 0 Å². The Hall–Kier alpha value is -1.09. The third-order valence-corrected chi connectivity index (χ3v) is 3.45. The number of Topliss-reactive ketones (excluding diaryl/α,β-unsaturated/α-hetero) is 1. The van der Waals surface area contributed by atoms with Gasteiger partial charge in [0.1, 0.15) is 5.78 Å². The lowest BCUT2D eigenvalue weighted by Crippen LogP contribution is -2.37. The lowest BCUT2D eigenvalue weighted by atomic mass is 9.69. The summed E-state index contributed by atoms with van der Waals surface area (Å²) in [6.07, 6.45) is 5.62. The van der Waals surface area contributed by atoms with Crippen LogP contribution in [0.2, 0.25) is 0 Å². The summed E-state index contributed by atoms with van der Waals surface area (Å²) in [6.45, 7) is 1.85. The van der Waals surface area contributed by atoms with Gasteiger partial charge in [0.15, 0.2) is 0 Å². The molecule has 82 valence electrons. The molecule has 1 aromatic rings. The summed E-state index contributed by atoms with van der Waals surface area (Å²) < 4.78 is 4.94. The molecule has 1 N–H and O–H groups in total. The Morgan fingerprint density at radius 2 is 2.33 bits per heavy atom. The summed E-state index contributed by atoms with van der Waals surface area (Å²) in [4.78, 5) is 11.9. The van der Waals surface area contributed by atoms with Crippen molar-refractivity contribution in [3.05, 3.63) is 24.2 Å². The number of hydrogen-bond acceptors (Lipinski definition) is 3. The third kappa shape index (κ3) is 1.72. The lowest BCUT2D eigenvalue weighted by Gasteiger charge is -2.35. The van der Waals surface area contributed by atoms with Crippen molar-refractivity contribution in [2.24, 2.45) is 5.41 Å². The van der Waals surface area contributed by atoms with Crippen LogP contribution in [-0.2, 0) is 4.79 Å². The first kappa shape index (κ1) is 10.4. The molecule has 0 radical (unpaired) electrons. The second-order valence-corrected chi connectivity index (χ2v) is 4.51. The van der Waals surface area contributed by atoms with Crippen LogP contribution in [0.25, 0.3) is 0 Å². The first-order chi connectivity index (χ1) is 7.14. The van der Waals surface area contributed by atoms with Crippen molar-refractivity contribution in [2.75, 3.05) is 0 Å². The Balaban J connectivity index is 2.24. The van der Waals surface area contributed by atoms with Crippen molar-refractivity contribution < 1.29 is 14.3 Å². The van der Waals surface area contributed by atoms with E-state index < -0.39 is 11.5 Å².